The van der Waals surface area contributed by atoms with Gasteiger partial charge in [0.05, 0.1) is 12.1 Å². The van der Waals surface area contributed by atoms with Crippen LogP contribution in [-0.2, 0) is 0 Å². The smallest absolute Gasteiger partial charge is 0.0756 e. The third kappa shape index (κ3) is 1.46. The fourth-order valence-corrected chi connectivity index (χ4v) is 1.70. The molecule has 1 saturated carbocycles. The monoisotopic (exact) mass is 166 g/mol. The minimum absolute atomic E-state index is 0.174. The Morgan fingerprint density at radius 1 is 1.25 bits per heavy atom. The molecule has 2 N–H and O–H groups in total. The summed E-state index contributed by atoms with van der Waals surface area (Å²) in [5, 5.41) is 9.51. The third-order valence-corrected chi connectivity index (χ3v) is 2.40. The quantitative estimate of drug-likeness (QED) is 0.686. The molecule has 2 unspecified atom stereocenters. The SMILES string of the molecule is OC1CCCC1Nn1cccc1. The lowest BCUT2D eigenvalue weighted by Gasteiger charge is -2.18. The van der Waals surface area contributed by atoms with Gasteiger partial charge < -0.3 is 10.5 Å². The van der Waals surface area contributed by atoms with Gasteiger partial charge in [0.25, 0.3) is 0 Å². The number of hydrogen-bond acceptors (Lipinski definition) is 2. The average molecular weight is 166 g/mol. The normalized spacial score (nSPS) is 29.1. The van der Waals surface area contributed by atoms with E-state index in [4.69, 9.17) is 0 Å². The Labute approximate surface area is 72.0 Å². The van der Waals surface area contributed by atoms with Gasteiger partial charge in [-0.15, -0.1) is 0 Å². The summed E-state index contributed by atoms with van der Waals surface area (Å²) in [6, 6.07) is 4.17. The molecule has 66 valence electrons. The van der Waals surface area contributed by atoms with E-state index in [2.05, 4.69) is 5.43 Å². The molecule has 3 heteroatoms. The van der Waals surface area contributed by atoms with E-state index in [1.165, 1.54) is 0 Å². The summed E-state index contributed by atoms with van der Waals surface area (Å²) >= 11 is 0. The maximum Gasteiger partial charge on any atom is 0.0756 e. The number of nitrogens with zero attached hydrogens (tertiary/aromatic N) is 1. The van der Waals surface area contributed by atoms with Crippen molar-refractivity contribution in [3.63, 3.8) is 0 Å². The second-order valence-corrected chi connectivity index (χ2v) is 3.32. The number of rotatable bonds is 2. The summed E-state index contributed by atoms with van der Waals surface area (Å²) in [4.78, 5) is 0. The molecule has 0 bridgehead atoms. The highest BCUT2D eigenvalue weighted by molar-refractivity contribution is 4.98. The largest absolute Gasteiger partial charge is 0.391 e. The summed E-state index contributed by atoms with van der Waals surface area (Å²) in [5.41, 5.74) is 3.24. The highest BCUT2D eigenvalue weighted by atomic mass is 16.3. The maximum atomic E-state index is 9.51. The van der Waals surface area contributed by atoms with Crippen molar-refractivity contribution in [1.29, 1.82) is 0 Å². The molecule has 1 aliphatic carbocycles. The van der Waals surface area contributed by atoms with Gasteiger partial charge in [0.15, 0.2) is 0 Å². The number of aromatic nitrogens is 1. The standard InChI is InChI=1S/C9H14N2O/c12-9-5-3-4-8(9)10-11-6-1-2-7-11/h1-2,6-10,12H,3-5H2. The first-order valence-corrected chi connectivity index (χ1v) is 4.44. The van der Waals surface area contributed by atoms with Crippen molar-refractivity contribution in [1.82, 2.24) is 4.68 Å². The Kier molecular flexibility index (Phi) is 2.04. The Balaban J connectivity index is 1.95. The van der Waals surface area contributed by atoms with E-state index in [1.807, 2.05) is 29.2 Å². The lowest BCUT2D eigenvalue weighted by atomic mass is 10.2. The molecule has 0 spiro atoms. The van der Waals surface area contributed by atoms with Crippen molar-refractivity contribution in [2.45, 2.75) is 31.4 Å². The molecule has 0 amide bonds. The summed E-state index contributed by atoms with van der Waals surface area (Å²) in [5.74, 6) is 0. The summed E-state index contributed by atoms with van der Waals surface area (Å²) in [6.07, 6.45) is 6.85. The van der Waals surface area contributed by atoms with Gasteiger partial charge in [-0.05, 0) is 31.4 Å². The van der Waals surface area contributed by atoms with Gasteiger partial charge in [-0.2, -0.15) is 0 Å². The van der Waals surface area contributed by atoms with E-state index >= 15 is 0 Å². The first-order valence-electron chi connectivity index (χ1n) is 4.44. The minimum Gasteiger partial charge on any atom is -0.391 e. The van der Waals surface area contributed by atoms with Crippen LogP contribution in [-0.4, -0.2) is 21.9 Å². The van der Waals surface area contributed by atoms with Crippen molar-refractivity contribution in [2.24, 2.45) is 0 Å². The van der Waals surface area contributed by atoms with E-state index < -0.39 is 0 Å². The molecule has 1 heterocycles. The average Bonchev–Trinajstić information content (AvgIpc) is 2.65. The van der Waals surface area contributed by atoms with Crippen molar-refractivity contribution in [3.8, 4) is 0 Å². The lowest BCUT2D eigenvalue weighted by Crippen LogP contribution is -2.33. The van der Waals surface area contributed by atoms with Crippen molar-refractivity contribution in [2.75, 3.05) is 5.43 Å². The van der Waals surface area contributed by atoms with Crippen LogP contribution < -0.4 is 5.43 Å². The fourth-order valence-electron chi connectivity index (χ4n) is 1.70. The van der Waals surface area contributed by atoms with E-state index in [9.17, 15) is 5.11 Å². The minimum atomic E-state index is -0.174. The van der Waals surface area contributed by atoms with Crippen molar-refractivity contribution < 1.29 is 5.11 Å². The molecule has 0 saturated heterocycles. The molecule has 12 heavy (non-hydrogen) atoms. The summed E-state index contributed by atoms with van der Waals surface area (Å²) in [6.45, 7) is 0. The van der Waals surface area contributed by atoms with E-state index in [0.29, 0.717) is 0 Å². The molecule has 0 aromatic carbocycles. The third-order valence-electron chi connectivity index (χ3n) is 2.40. The summed E-state index contributed by atoms with van der Waals surface area (Å²) < 4.78 is 1.90. The molecule has 2 atom stereocenters. The number of hydrogen-bond donors (Lipinski definition) is 2. The molecule has 1 aromatic heterocycles. The highest BCUT2D eigenvalue weighted by Crippen LogP contribution is 2.19. The van der Waals surface area contributed by atoms with Crippen LogP contribution in [0.15, 0.2) is 24.5 Å². The first kappa shape index (κ1) is 7.68. The maximum absolute atomic E-state index is 9.51. The zero-order valence-electron chi connectivity index (χ0n) is 6.98. The van der Waals surface area contributed by atoms with Crippen molar-refractivity contribution in [3.05, 3.63) is 24.5 Å². The molecule has 0 radical (unpaired) electrons. The van der Waals surface area contributed by atoms with Crippen LogP contribution in [0.4, 0.5) is 0 Å². The molecule has 1 aliphatic rings. The van der Waals surface area contributed by atoms with E-state index in [0.717, 1.165) is 19.3 Å². The molecule has 1 fully saturated rings. The Hall–Kier alpha value is -0.960. The molecular formula is C9H14N2O. The molecule has 3 nitrogen and oxygen atoms in total. The van der Waals surface area contributed by atoms with Crippen LogP contribution in [0.3, 0.4) is 0 Å². The Bertz CT molecular complexity index is 233. The number of aliphatic hydroxyl groups excluding tert-OH is 1. The van der Waals surface area contributed by atoms with Crippen LogP contribution in [0.1, 0.15) is 19.3 Å². The molecule has 0 aliphatic heterocycles. The van der Waals surface area contributed by atoms with Crippen molar-refractivity contribution >= 4 is 0 Å². The molecule has 2 rings (SSSR count). The zero-order chi connectivity index (χ0) is 8.39. The Morgan fingerprint density at radius 3 is 2.58 bits per heavy atom. The zero-order valence-corrected chi connectivity index (χ0v) is 6.98. The topological polar surface area (TPSA) is 37.2 Å². The highest BCUT2D eigenvalue weighted by Gasteiger charge is 2.24. The van der Waals surface area contributed by atoms with Crippen LogP contribution in [0, 0.1) is 0 Å². The van der Waals surface area contributed by atoms with Gasteiger partial charge in [-0.25, -0.2) is 0 Å². The van der Waals surface area contributed by atoms with Gasteiger partial charge in [0, 0.05) is 12.4 Å². The fraction of sp³-hybridized carbons (Fsp3) is 0.556. The second-order valence-electron chi connectivity index (χ2n) is 3.32. The first-order chi connectivity index (χ1) is 5.86. The van der Waals surface area contributed by atoms with Crippen LogP contribution in [0.5, 0.6) is 0 Å². The van der Waals surface area contributed by atoms with Gasteiger partial charge in [0.2, 0.25) is 0 Å². The van der Waals surface area contributed by atoms with Gasteiger partial charge in [-0.3, -0.25) is 4.68 Å². The predicted octanol–water partition coefficient (Wildman–Crippen LogP) is 0.945. The number of nitrogens with one attached hydrogen (secondary N) is 1. The van der Waals surface area contributed by atoms with Gasteiger partial charge in [0.1, 0.15) is 0 Å². The van der Waals surface area contributed by atoms with Gasteiger partial charge >= 0.3 is 0 Å². The van der Waals surface area contributed by atoms with E-state index in [1.54, 1.807) is 0 Å². The second kappa shape index (κ2) is 3.19. The van der Waals surface area contributed by atoms with Crippen LogP contribution in [0.25, 0.3) is 0 Å². The molecular weight excluding hydrogens is 152 g/mol. The summed E-state index contributed by atoms with van der Waals surface area (Å²) in [7, 11) is 0. The van der Waals surface area contributed by atoms with Crippen LogP contribution in [0.2, 0.25) is 0 Å². The van der Waals surface area contributed by atoms with E-state index in [-0.39, 0.29) is 12.1 Å². The Morgan fingerprint density at radius 2 is 2.00 bits per heavy atom. The number of aliphatic hydroxyl groups is 1. The van der Waals surface area contributed by atoms with Crippen LogP contribution >= 0.6 is 0 Å². The lowest BCUT2D eigenvalue weighted by molar-refractivity contribution is 0.167. The van der Waals surface area contributed by atoms with Gasteiger partial charge in [-0.1, -0.05) is 0 Å². The predicted molar refractivity (Wildman–Crippen MR) is 47.4 cm³/mol. The molecule has 1 aromatic rings.